The molecule has 1 saturated heterocycles. The van der Waals surface area contributed by atoms with Gasteiger partial charge in [0.15, 0.2) is 18.3 Å². The van der Waals surface area contributed by atoms with E-state index in [-0.39, 0.29) is 0 Å². The zero-order valence-electron chi connectivity index (χ0n) is 14.3. The molecule has 0 amide bonds. The molecule has 0 aliphatic carbocycles. The summed E-state index contributed by atoms with van der Waals surface area (Å²) in [4.78, 5) is 37.9. The molecule has 4 rings (SSSR count). The summed E-state index contributed by atoms with van der Waals surface area (Å²) >= 11 is 0. The van der Waals surface area contributed by atoms with Crippen LogP contribution in [0.3, 0.4) is 0 Å². The van der Waals surface area contributed by atoms with E-state index in [1.54, 1.807) is 16.8 Å². The fraction of sp³-hybridized carbons (Fsp3) is 0.417. The zero-order valence-corrected chi connectivity index (χ0v) is 16.1. The molecule has 3 aromatic heterocycles. The standard InChI is InChI=1S/C12H15N5O10P2/c18-8-6(3-25-29(23,24)27-28(20,21)22)26-12(9(8)19)17-5-14-7-10-13-1-2-16(10)4-15-11(7)17/h1-2,4-6,8-9,12,18-19H,3H2,(H3,20,21,22,23,24)/p+1/t6-,8-,9-,12-/m1/s1. The van der Waals surface area contributed by atoms with Crippen LogP contribution in [0.2, 0.25) is 0 Å². The average Bonchev–Trinajstić information content (AvgIpc) is 3.29. The summed E-state index contributed by atoms with van der Waals surface area (Å²) in [6.07, 6.45) is 0.763. The lowest BCUT2D eigenvalue weighted by atomic mass is 10.1. The summed E-state index contributed by atoms with van der Waals surface area (Å²) in [6.45, 7) is -0.788. The monoisotopic (exact) mass is 452 g/mol. The van der Waals surface area contributed by atoms with E-state index in [1.807, 2.05) is 0 Å². The van der Waals surface area contributed by atoms with E-state index in [9.17, 15) is 24.2 Å². The summed E-state index contributed by atoms with van der Waals surface area (Å²) in [5, 5.41) is 20.5. The van der Waals surface area contributed by atoms with E-state index >= 15 is 0 Å². The largest absolute Gasteiger partial charge is 0.481 e. The van der Waals surface area contributed by atoms with Gasteiger partial charge < -0.3 is 29.6 Å². The van der Waals surface area contributed by atoms with Crippen LogP contribution in [-0.2, 0) is 22.7 Å². The molecule has 0 bridgehead atoms. The molecule has 4 heterocycles. The fourth-order valence-electron chi connectivity index (χ4n) is 3.02. The van der Waals surface area contributed by atoms with Crippen LogP contribution in [0.4, 0.5) is 0 Å². The Hall–Kier alpha value is -1.77. The van der Waals surface area contributed by atoms with Crippen molar-refractivity contribution in [2.75, 3.05) is 6.61 Å². The first-order valence-electron chi connectivity index (χ1n) is 8.01. The first-order valence-corrected chi connectivity index (χ1v) is 11.0. The Morgan fingerprint density at radius 2 is 2.00 bits per heavy atom. The van der Waals surface area contributed by atoms with E-state index in [0.29, 0.717) is 16.8 Å². The Morgan fingerprint density at radius 3 is 2.72 bits per heavy atom. The SMILES string of the molecule is O=P(O)(O)OP(=O)(O)OC[C@H]1O[C@@H]([n+]2c[nH]c3c4nccn4cnc32)[C@H](O)[C@@H]1O. The van der Waals surface area contributed by atoms with Crippen LogP contribution in [0.15, 0.2) is 25.0 Å². The minimum atomic E-state index is -5.29. The second kappa shape index (κ2) is 7.18. The van der Waals surface area contributed by atoms with Gasteiger partial charge in [0.1, 0.15) is 18.3 Å². The molecule has 1 aliphatic rings. The number of fused-ring (bicyclic) bond motifs is 3. The van der Waals surface area contributed by atoms with Crippen molar-refractivity contribution in [3.63, 3.8) is 0 Å². The van der Waals surface area contributed by atoms with E-state index in [2.05, 4.69) is 23.8 Å². The third-order valence-corrected chi connectivity index (χ3v) is 6.39. The first kappa shape index (κ1) is 20.5. The second-order valence-corrected chi connectivity index (χ2v) is 8.99. The highest BCUT2D eigenvalue weighted by molar-refractivity contribution is 7.60. The summed E-state index contributed by atoms with van der Waals surface area (Å²) < 4.78 is 39.0. The predicted molar refractivity (Wildman–Crippen MR) is 89.9 cm³/mol. The molecule has 0 saturated carbocycles. The molecule has 17 heteroatoms. The van der Waals surface area contributed by atoms with Crippen molar-refractivity contribution < 1.29 is 52.2 Å². The number of aromatic amines is 1. The molecular formula is C12H16N5O10P2+. The Kier molecular flexibility index (Phi) is 5.07. The zero-order chi connectivity index (χ0) is 21.0. The van der Waals surface area contributed by atoms with Crippen LogP contribution in [-0.4, -0.2) is 69.2 Å². The molecule has 158 valence electrons. The molecule has 0 aromatic carbocycles. The minimum absolute atomic E-state index is 0.360. The summed E-state index contributed by atoms with van der Waals surface area (Å²) in [6, 6.07) is 0. The van der Waals surface area contributed by atoms with Crippen LogP contribution in [0.5, 0.6) is 0 Å². The number of hydrogen-bond acceptors (Lipinski definition) is 9. The number of aromatic nitrogens is 5. The molecule has 15 nitrogen and oxygen atoms in total. The molecular weight excluding hydrogens is 436 g/mol. The van der Waals surface area contributed by atoms with Gasteiger partial charge in [0.2, 0.25) is 11.7 Å². The highest BCUT2D eigenvalue weighted by atomic mass is 31.3. The molecule has 29 heavy (non-hydrogen) atoms. The van der Waals surface area contributed by atoms with Crippen molar-refractivity contribution in [3.05, 3.63) is 25.0 Å². The Bertz CT molecular complexity index is 1140. The maximum atomic E-state index is 11.5. The lowest BCUT2D eigenvalue weighted by molar-refractivity contribution is -0.745. The summed E-state index contributed by atoms with van der Waals surface area (Å²) in [5.41, 5.74) is 1.47. The second-order valence-electron chi connectivity index (χ2n) is 6.16. The lowest BCUT2D eigenvalue weighted by Crippen LogP contribution is -2.45. The van der Waals surface area contributed by atoms with Crippen molar-refractivity contribution in [2.24, 2.45) is 0 Å². The van der Waals surface area contributed by atoms with Gasteiger partial charge in [0.05, 0.1) is 6.61 Å². The molecule has 5 atom stereocenters. The van der Waals surface area contributed by atoms with E-state index in [1.165, 1.54) is 17.2 Å². The number of aliphatic hydroxyl groups is 2. The van der Waals surface area contributed by atoms with Crippen LogP contribution >= 0.6 is 15.6 Å². The highest BCUT2D eigenvalue weighted by Gasteiger charge is 2.48. The molecule has 6 N–H and O–H groups in total. The van der Waals surface area contributed by atoms with Crippen molar-refractivity contribution in [1.29, 1.82) is 0 Å². The number of imidazole rings is 2. The Balaban J connectivity index is 1.54. The highest BCUT2D eigenvalue weighted by Crippen LogP contribution is 2.57. The van der Waals surface area contributed by atoms with E-state index in [0.717, 1.165) is 0 Å². The van der Waals surface area contributed by atoms with Crippen molar-refractivity contribution >= 4 is 32.5 Å². The number of rotatable bonds is 6. The Labute approximate surface area is 161 Å². The molecule has 1 aliphatic heterocycles. The molecule has 1 fully saturated rings. The van der Waals surface area contributed by atoms with Crippen molar-refractivity contribution in [3.8, 4) is 0 Å². The van der Waals surface area contributed by atoms with Crippen molar-refractivity contribution in [2.45, 2.75) is 24.5 Å². The number of ether oxygens (including phenoxy) is 1. The number of phosphoric acid groups is 2. The number of hydrogen-bond donors (Lipinski definition) is 6. The lowest BCUT2D eigenvalue weighted by Gasteiger charge is -2.17. The van der Waals surface area contributed by atoms with Gasteiger partial charge in [0, 0.05) is 12.4 Å². The van der Waals surface area contributed by atoms with Gasteiger partial charge in [-0.2, -0.15) is 4.31 Å². The quantitative estimate of drug-likeness (QED) is 0.183. The number of H-pyrrole nitrogens is 1. The summed E-state index contributed by atoms with van der Waals surface area (Å²) in [5.74, 6) is 0. The predicted octanol–water partition coefficient (Wildman–Crippen LogP) is -1.66. The average molecular weight is 452 g/mol. The molecule has 0 spiro atoms. The maximum absolute atomic E-state index is 11.5. The number of phosphoric ester groups is 1. The van der Waals surface area contributed by atoms with Crippen LogP contribution < -0.4 is 4.57 Å². The van der Waals surface area contributed by atoms with Gasteiger partial charge in [-0.25, -0.2) is 18.7 Å². The number of nitrogens with zero attached hydrogens (tertiary/aromatic N) is 4. The van der Waals surface area contributed by atoms with Crippen LogP contribution in [0.1, 0.15) is 6.23 Å². The third-order valence-electron chi connectivity index (χ3n) is 4.24. The normalized spacial score (nSPS) is 27.6. The molecule has 1 unspecified atom stereocenters. The van der Waals surface area contributed by atoms with Crippen molar-refractivity contribution in [1.82, 2.24) is 19.4 Å². The maximum Gasteiger partial charge on any atom is 0.481 e. The van der Waals surface area contributed by atoms with Gasteiger partial charge in [0.25, 0.3) is 0 Å². The van der Waals surface area contributed by atoms with Gasteiger partial charge in [-0.1, -0.05) is 4.98 Å². The smallest absolute Gasteiger partial charge is 0.387 e. The van der Waals surface area contributed by atoms with E-state index < -0.39 is 46.8 Å². The Morgan fingerprint density at radius 1 is 1.24 bits per heavy atom. The third kappa shape index (κ3) is 3.98. The molecule has 0 radical (unpaired) electrons. The number of nitrogens with one attached hydrogen (secondary N) is 1. The topological polar surface area (TPSA) is 213 Å². The summed E-state index contributed by atoms with van der Waals surface area (Å²) in [7, 11) is -10.4. The fourth-order valence-corrected chi connectivity index (χ4v) is 4.62. The van der Waals surface area contributed by atoms with E-state index in [4.69, 9.17) is 14.5 Å². The van der Waals surface area contributed by atoms with Gasteiger partial charge >= 0.3 is 21.3 Å². The van der Waals surface area contributed by atoms with Gasteiger partial charge in [-0.05, 0) is 0 Å². The van der Waals surface area contributed by atoms with Crippen LogP contribution in [0, 0.1) is 0 Å². The van der Waals surface area contributed by atoms with Gasteiger partial charge in [-0.15, -0.1) is 0 Å². The minimum Gasteiger partial charge on any atom is -0.387 e. The first-order chi connectivity index (χ1) is 13.6. The molecule has 3 aromatic rings. The number of aliphatic hydroxyl groups excluding tert-OH is 2. The van der Waals surface area contributed by atoms with Gasteiger partial charge in [-0.3, -0.25) is 13.9 Å². The van der Waals surface area contributed by atoms with Crippen LogP contribution in [0.25, 0.3) is 16.8 Å².